The average Bonchev–Trinajstić information content (AvgIpc) is 2.76. The van der Waals surface area contributed by atoms with Crippen molar-refractivity contribution in [3.05, 3.63) is 23.8 Å². The Hall–Kier alpha value is -1.53. The number of carbonyl (C=O) groups excluding carboxylic acids is 1. The summed E-state index contributed by atoms with van der Waals surface area (Å²) in [5, 5.41) is 3.11. The van der Waals surface area contributed by atoms with Gasteiger partial charge in [-0.05, 0) is 70.5 Å². The fraction of sp³-hybridized carbons (Fsp3) is 0.667. The van der Waals surface area contributed by atoms with Crippen molar-refractivity contribution in [2.24, 2.45) is 5.92 Å². The first-order valence-corrected chi connectivity index (χ1v) is 10.0. The molecule has 5 nitrogen and oxygen atoms in total. The van der Waals surface area contributed by atoms with Crippen molar-refractivity contribution >= 4 is 18.5 Å². The summed E-state index contributed by atoms with van der Waals surface area (Å²) < 4.78 is 18.2. The van der Waals surface area contributed by atoms with Crippen molar-refractivity contribution in [1.82, 2.24) is 5.32 Å². The lowest BCUT2D eigenvalue weighted by Crippen LogP contribution is -2.41. The van der Waals surface area contributed by atoms with Crippen molar-refractivity contribution in [3.8, 4) is 5.75 Å². The van der Waals surface area contributed by atoms with Crippen LogP contribution in [0.15, 0.2) is 18.2 Å². The minimum Gasteiger partial charge on any atom is -0.492 e. The van der Waals surface area contributed by atoms with Gasteiger partial charge in [0.1, 0.15) is 5.75 Å². The van der Waals surface area contributed by atoms with Gasteiger partial charge in [0.25, 0.3) is 5.91 Å². The first kappa shape index (κ1) is 20.2. The Bertz CT molecular complexity index is 681. The topological polar surface area (TPSA) is 56.8 Å². The van der Waals surface area contributed by atoms with Gasteiger partial charge in [0.15, 0.2) is 0 Å². The van der Waals surface area contributed by atoms with Crippen molar-refractivity contribution < 1.29 is 18.8 Å². The molecule has 1 amide bonds. The second-order valence-electron chi connectivity index (χ2n) is 9.15. The molecule has 2 fully saturated rings. The van der Waals surface area contributed by atoms with Gasteiger partial charge in [-0.25, -0.2) is 0 Å². The zero-order chi connectivity index (χ0) is 19.8. The molecule has 1 saturated heterocycles. The summed E-state index contributed by atoms with van der Waals surface area (Å²) >= 11 is 0. The van der Waals surface area contributed by atoms with Crippen LogP contribution >= 0.6 is 0 Å². The average molecular weight is 373 g/mol. The standard InChI is InChI=1S/C21H32BNO4/c1-14(2)13-25-18-11-10-15(22-26-20(3,4)21(5,6)27-22)12-17(18)19(24)23-16-8-7-9-16/h10-12,14,16H,7-9,13H2,1-6H3,(H,23,24). The first-order chi connectivity index (χ1) is 12.6. The van der Waals surface area contributed by atoms with E-state index in [2.05, 4.69) is 19.2 Å². The van der Waals surface area contributed by atoms with E-state index in [0.717, 1.165) is 18.3 Å². The van der Waals surface area contributed by atoms with Crippen LogP contribution in [0.1, 0.15) is 71.2 Å². The van der Waals surface area contributed by atoms with E-state index in [1.165, 1.54) is 6.42 Å². The van der Waals surface area contributed by atoms with E-state index in [4.69, 9.17) is 14.0 Å². The minimum absolute atomic E-state index is 0.0863. The lowest BCUT2D eigenvalue weighted by atomic mass is 9.78. The third kappa shape index (κ3) is 4.32. The maximum atomic E-state index is 12.9. The molecule has 1 aromatic carbocycles. The third-order valence-corrected chi connectivity index (χ3v) is 5.79. The van der Waals surface area contributed by atoms with Gasteiger partial charge in [-0.15, -0.1) is 0 Å². The summed E-state index contributed by atoms with van der Waals surface area (Å²) in [4.78, 5) is 12.9. The number of benzene rings is 1. The highest BCUT2D eigenvalue weighted by Crippen LogP contribution is 2.36. The Kier molecular flexibility index (Phi) is 5.60. The molecule has 1 saturated carbocycles. The molecule has 0 radical (unpaired) electrons. The summed E-state index contributed by atoms with van der Waals surface area (Å²) in [5.74, 6) is 0.910. The molecule has 1 aromatic rings. The van der Waals surface area contributed by atoms with Gasteiger partial charge < -0.3 is 19.4 Å². The Morgan fingerprint density at radius 2 is 1.85 bits per heavy atom. The van der Waals surface area contributed by atoms with Gasteiger partial charge in [0.05, 0.1) is 23.4 Å². The van der Waals surface area contributed by atoms with E-state index in [9.17, 15) is 4.79 Å². The van der Waals surface area contributed by atoms with Crippen LogP contribution in [0.5, 0.6) is 5.75 Å². The molecule has 0 atom stereocenters. The second kappa shape index (κ2) is 7.48. The van der Waals surface area contributed by atoms with E-state index >= 15 is 0 Å². The Labute approximate surface area is 163 Å². The summed E-state index contributed by atoms with van der Waals surface area (Å²) in [6, 6.07) is 5.92. The fourth-order valence-electron chi connectivity index (χ4n) is 3.05. The monoisotopic (exact) mass is 373 g/mol. The van der Waals surface area contributed by atoms with Crippen LogP contribution in [0.25, 0.3) is 0 Å². The Balaban J connectivity index is 1.85. The highest BCUT2D eigenvalue weighted by molar-refractivity contribution is 6.62. The lowest BCUT2D eigenvalue weighted by Gasteiger charge is -2.32. The van der Waals surface area contributed by atoms with Crippen LogP contribution in [0.3, 0.4) is 0 Å². The van der Waals surface area contributed by atoms with Gasteiger partial charge in [0, 0.05) is 6.04 Å². The molecule has 148 valence electrons. The van der Waals surface area contributed by atoms with Crippen LogP contribution in [-0.4, -0.2) is 36.9 Å². The van der Waals surface area contributed by atoms with Crippen LogP contribution in [0.2, 0.25) is 0 Å². The molecular weight excluding hydrogens is 341 g/mol. The number of ether oxygens (including phenoxy) is 1. The second-order valence-corrected chi connectivity index (χ2v) is 9.15. The van der Waals surface area contributed by atoms with Crippen LogP contribution < -0.4 is 15.5 Å². The van der Waals surface area contributed by atoms with Gasteiger partial charge >= 0.3 is 7.12 Å². The molecule has 3 rings (SSSR count). The molecule has 1 aliphatic carbocycles. The number of carbonyl (C=O) groups is 1. The number of hydrogen-bond acceptors (Lipinski definition) is 4. The summed E-state index contributed by atoms with van der Waals surface area (Å²) in [7, 11) is -0.496. The highest BCUT2D eigenvalue weighted by atomic mass is 16.7. The van der Waals surface area contributed by atoms with Gasteiger partial charge in [-0.2, -0.15) is 0 Å². The predicted octanol–water partition coefficient (Wildman–Crippen LogP) is 3.30. The highest BCUT2D eigenvalue weighted by Gasteiger charge is 2.51. The molecular formula is C21H32BNO4. The molecule has 1 N–H and O–H groups in total. The quantitative estimate of drug-likeness (QED) is 0.778. The molecule has 0 bridgehead atoms. The molecule has 6 heteroatoms. The zero-order valence-corrected chi connectivity index (χ0v) is 17.4. The Morgan fingerprint density at radius 1 is 1.22 bits per heavy atom. The zero-order valence-electron chi connectivity index (χ0n) is 17.4. The van der Waals surface area contributed by atoms with Gasteiger partial charge in [-0.1, -0.05) is 19.9 Å². The van der Waals surface area contributed by atoms with E-state index in [-0.39, 0.29) is 11.9 Å². The predicted molar refractivity (Wildman–Crippen MR) is 108 cm³/mol. The molecule has 0 aromatic heterocycles. The molecule has 1 aliphatic heterocycles. The number of amides is 1. The van der Waals surface area contributed by atoms with Crippen molar-refractivity contribution in [2.45, 2.75) is 78.0 Å². The smallest absolute Gasteiger partial charge is 0.492 e. The number of rotatable bonds is 6. The molecule has 0 unspecified atom stereocenters. The van der Waals surface area contributed by atoms with Crippen LogP contribution in [0, 0.1) is 5.92 Å². The van der Waals surface area contributed by atoms with Crippen molar-refractivity contribution in [3.63, 3.8) is 0 Å². The first-order valence-electron chi connectivity index (χ1n) is 10.0. The molecule has 2 aliphatic rings. The van der Waals surface area contributed by atoms with E-state index in [1.54, 1.807) is 0 Å². The summed E-state index contributed by atoms with van der Waals surface area (Å²) in [6.07, 6.45) is 3.27. The van der Waals surface area contributed by atoms with E-state index in [1.807, 2.05) is 45.9 Å². The third-order valence-electron chi connectivity index (χ3n) is 5.79. The SMILES string of the molecule is CC(C)COc1ccc(B2OC(C)(C)C(C)(C)O2)cc1C(=O)NC1CCC1. The van der Waals surface area contributed by atoms with Gasteiger partial charge in [-0.3, -0.25) is 4.79 Å². The molecule has 27 heavy (non-hydrogen) atoms. The summed E-state index contributed by atoms with van der Waals surface area (Å²) in [6.45, 7) is 12.8. The maximum Gasteiger partial charge on any atom is 0.494 e. The van der Waals surface area contributed by atoms with E-state index in [0.29, 0.717) is 23.8 Å². The molecule has 0 spiro atoms. The number of nitrogens with one attached hydrogen (secondary N) is 1. The van der Waals surface area contributed by atoms with Gasteiger partial charge in [0.2, 0.25) is 0 Å². The van der Waals surface area contributed by atoms with Crippen molar-refractivity contribution in [1.29, 1.82) is 0 Å². The van der Waals surface area contributed by atoms with Crippen LogP contribution in [0.4, 0.5) is 0 Å². The fourth-order valence-corrected chi connectivity index (χ4v) is 3.05. The lowest BCUT2D eigenvalue weighted by molar-refractivity contribution is 0.00578. The largest absolute Gasteiger partial charge is 0.494 e. The number of hydrogen-bond donors (Lipinski definition) is 1. The maximum absolute atomic E-state index is 12.9. The minimum atomic E-state index is -0.496. The Morgan fingerprint density at radius 3 is 2.37 bits per heavy atom. The normalized spacial score (nSPS) is 21.2. The van der Waals surface area contributed by atoms with Crippen molar-refractivity contribution in [2.75, 3.05) is 6.61 Å². The molecule has 1 heterocycles. The summed E-state index contributed by atoms with van der Waals surface area (Å²) in [5.41, 5.74) is 0.552. The van der Waals surface area contributed by atoms with Crippen LogP contribution in [-0.2, 0) is 9.31 Å². The van der Waals surface area contributed by atoms with E-state index < -0.39 is 18.3 Å².